The zero-order chi connectivity index (χ0) is 44.7. The van der Waals surface area contributed by atoms with Gasteiger partial charge in [0.25, 0.3) is 0 Å². The molecule has 0 N–H and O–H groups in total. The molecule has 0 fully saturated rings. The lowest BCUT2D eigenvalue weighted by molar-refractivity contribution is 0.660. The van der Waals surface area contributed by atoms with Crippen LogP contribution in [0.2, 0.25) is 0 Å². The Morgan fingerprint density at radius 1 is 0.299 bits per heavy atom. The molecule has 2 aliphatic rings. The largest absolute Gasteiger partial charge is 0.310 e. The van der Waals surface area contributed by atoms with E-state index in [1.54, 1.807) is 0 Å². The Bertz CT molecular complexity index is 3670. The van der Waals surface area contributed by atoms with Gasteiger partial charge in [0.2, 0.25) is 0 Å². The number of benzene rings is 11. The topological polar surface area (TPSA) is 3.24 Å². The van der Waals surface area contributed by atoms with E-state index in [1.165, 1.54) is 99.4 Å². The summed E-state index contributed by atoms with van der Waals surface area (Å²) in [5.41, 5.74) is 20.4. The zero-order valence-electron chi connectivity index (χ0n) is 37.6. The molecule has 11 aromatic rings. The summed E-state index contributed by atoms with van der Waals surface area (Å²) in [5, 5.41) is 5.13. The Hall–Kier alpha value is -8.26. The number of hydrogen-bond donors (Lipinski definition) is 0. The molecule has 0 aromatic heterocycles. The summed E-state index contributed by atoms with van der Waals surface area (Å²) in [6.07, 6.45) is 0. The van der Waals surface area contributed by atoms with Crippen molar-refractivity contribution in [2.75, 3.05) is 4.90 Å². The van der Waals surface area contributed by atoms with Gasteiger partial charge in [0.1, 0.15) is 0 Å². The summed E-state index contributed by atoms with van der Waals surface area (Å²) in [6, 6.07) is 92.6. The van der Waals surface area contributed by atoms with E-state index in [0.29, 0.717) is 0 Å². The van der Waals surface area contributed by atoms with Gasteiger partial charge in [-0.05, 0) is 136 Å². The lowest BCUT2D eigenvalue weighted by Crippen LogP contribution is -2.28. The van der Waals surface area contributed by atoms with Gasteiger partial charge in [-0.25, -0.2) is 0 Å². The van der Waals surface area contributed by atoms with Crippen molar-refractivity contribution >= 4 is 38.6 Å². The summed E-state index contributed by atoms with van der Waals surface area (Å²) < 4.78 is 0. The fourth-order valence-electron chi connectivity index (χ4n) is 11.9. The molecular formula is C66H47N. The highest BCUT2D eigenvalue weighted by Crippen LogP contribution is 2.58. The standard InChI is InChI=1S/C66H47N/c1-65(2)61-41-46(59-40-45-22-12-13-27-51(45)53-29-14-15-30-54(53)59)34-37-56(61)57-38-35-49(42-62(57)65)67(64-33-19-17-28-52(64)44-20-6-3-7-21-44)50-36-39-58-55-31-16-18-32-60(55)66(63(58)43-50,47-23-8-4-9-24-47)48-25-10-5-11-26-48/h3-43H,1-2H3. The average molecular weight is 854 g/mol. The Morgan fingerprint density at radius 2 is 0.791 bits per heavy atom. The van der Waals surface area contributed by atoms with Crippen molar-refractivity contribution in [1.82, 2.24) is 0 Å². The van der Waals surface area contributed by atoms with Crippen molar-refractivity contribution in [3.8, 4) is 44.5 Å². The second-order valence-corrected chi connectivity index (χ2v) is 18.8. The number of nitrogens with zero attached hydrogens (tertiary/aromatic N) is 1. The number of hydrogen-bond acceptors (Lipinski definition) is 1. The van der Waals surface area contributed by atoms with Gasteiger partial charge in [0.15, 0.2) is 0 Å². The van der Waals surface area contributed by atoms with Gasteiger partial charge < -0.3 is 4.90 Å². The van der Waals surface area contributed by atoms with Crippen molar-refractivity contribution in [1.29, 1.82) is 0 Å². The van der Waals surface area contributed by atoms with Gasteiger partial charge in [-0.1, -0.05) is 220 Å². The fraction of sp³-hybridized carbons (Fsp3) is 0.0606. The molecule has 0 atom stereocenters. The van der Waals surface area contributed by atoms with Crippen LogP contribution in [0.5, 0.6) is 0 Å². The number of fused-ring (bicyclic) bond motifs is 9. The molecular weight excluding hydrogens is 807 g/mol. The molecule has 67 heavy (non-hydrogen) atoms. The lowest BCUT2D eigenvalue weighted by atomic mass is 9.67. The second-order valence-electron chi connectivity index (χ2n) is 18.8. The summed E-state index contributed by atoms with van der Waals surface area (Å²) in [4.78, 5) is 2.51. The Morgan fingerprint density at radius 3 is 1.49 bits per heavy atom. The molecule has 0 radical (unpaired) electrons. The maximum atomic E-state index is 2.51. The lowest BCUT2D eigenvalue weighted by Gasteiger charge is -2.35. The Balaban J connectivity index is 1.01. The molecule has 0 spiro atoms. The van der Waals surface area contributed by atoms with Crippen molar-refractivity contribution in [2.24, 2.45) is 0 Å². The van der Waals surface area contributed by atoms with E-state index in [4.69, 9.17) is 0 Å². The van der Waals surface area contributed by atoms with Crippen LogP contribution < -0.4 is 4.90 Å². The van der Waals surface area contributed by atoms with Crippen molar-refractivity contribution < 1.29 is 0 Å². The highest BCUT2D eigenvalue weighted by Gasteiger charge is 2.46. The van der Waals surface area contributed by atoms with Gasteiger partial charge in [0, 0.05) is 22.4 Å². The highest BCUT2D eigenvalue weighted by atomic mass is 15.1. The van der Waals surface area contributed by atoms with Crippen LogP contribution in [-0.4, -0.2) is 0 Å². The van der Waals surface area contributed by atoms with Crippen LogP contribution in [0.4, 0.5) is 17.1 Å². The Kier molecular flexibility index (Phi) is 8.85. The number of para-hydroxylation sites is 1. The third-order valence-corrected chi connectivity index (χ3v) is 14.9. The molecule has 1 nitrogen and oxygen atoms in total. The predicted molar refractivity (Wildman–Crippen MR) is 282 cm³/mol. The molecule has 0 bridgehead atoms. The van der Waals surface area contributed by atoms with Gasteiger partial charge in [0.05, 0.1) is 11.1 Å². The van der Waals surface area contributed by atoms with Crippen LogP contribution in [0.1, 0.15) is 47.2 Å². The summed E-state index contributed by atoms with van der Waals surface area (Å²) >= 11 is 0. The highest BCUT2D eigenvalue weighted by molar-refractivity contribution is 6.14. The molecule has 0 saturated carbocycles. The van der Waals surface area contributed by atoms with E-state index in [0.717, 1.165) is 17.1 Å². The first-order chi connectivity index (χ1) is 33.0. The molecule has 2 aliphatic carbocycles. The molecule has 13 rings (SSSR count). The first kappa shape index (κ1) is 39.1. The van der Waals surface area contributed by atoms with E-state index in [1.807, 2.05) is 0 Å². The second kappa shape index (κ2) is 15.2. The molecule has 0 heterocycles. The van der Waals surface area contributed by atoms with E-state index < -0.39 is 5.41 Å². The SMILES string of the molecule is CC1(C)c2cc(-c3cc4ccccc4c4ccccc34)ccc2-c2ccc(N(c3ccc4c(c3)C(c3ccccc3)(c3ccccc3)c3ccccc3-4)c3ccccc3-c3ccccc3)cc21. The maximum Gasteiger partial charge on any atom is 0.0714 e. The zero-order valence-corrected chi connectivity index (χ0v) is 37.6. The van der Waals surface area contributed by atoms with Crippen molar-refractivity contribution in [3.05, 3.63) is 282 Å². The summed E-state index contributed by atoms with van der Waals surface area (Å²) in [5.74, 6) is 0. The van der Waals surface area contributed by atoms with Gasteiger partial charge >= 0.3 is 0 Å². The van der Waals surface area contributed by atoms with Gasteiger partial charge in [-0.2, -0.15) is 0 Å². The smallest absolute Gasteiger partial charge is 0.0714 e. The summed E-state index contributed by atoms with van der Waals surface area (Å²) in [7, 11) is 0. The van der Waals surface area contributed by atoms with E-state index in [-0.39, 0.29) is 5.41 Å². The van der Waals surface area contributed by atoms with Crippen molar-refractivity contribution in [2.45, 2.75) is 24.7 Å². The normalized spacial score (nSPS) is 13.8. The van der Waals surface area contributed by atoms with Crippen LogP contribution >= 0.6 is 0 Å². The van der Waals surface area contributed by atoms with Crippen LogP contribution in [0.25, 0.3) is 66.1 Å². The molecule has 316 valence electrons. The molecule has 0 aliphatic heterocycles. The average Bonchev–Trinajstić information content (AvgIpc) is 3.81. The molecule has 0 amide bonds. The molecule has 1 heteroatoms. The predicted octanol–water partition coefficient (Wildman–Crippen LogP) is 17.5. The van der Waals surface area contributed by atoms with Crippen molar-refractivity contribution in [3.63, 3.8) is 0 Å². The Labute approximate surface area is 392 Å². The first-order valence-corrected chi connectivity index (χ1v) is 23.5. The minimum absolute atomic E-state index is 0.261. The quantitative estimate of drug-likeness (QED) is 0.144. The maximum absolute atomic E-state index is 2.51. The van der Waals surface area contributed by atoms with E-state index >= 15 is 0 Å². The van der Waals surface area contributed by atoms with Crippen LogP contribution in [0, 0.1) is 0 Å². The number of rotatable bonds is 7. The molecule has 0 saturated heterocycles. The van der Waals surface area contributed by atoms with Crippen LogP contribution in [-0.2, 0) is 10.8 Å². The molecule has 11 aromatic carbocycles. The number of anilines is 3. The third kappa shape index (κ3) is 5.88. The third-order valence-electron chi connectivity index (χ3n) is 14.9. The first-order valence-electron chi connectivity index (χ1n) is 23.5. The van der Waals surface area contributed by atoms with Gasteiger partial charge in [-0.3, -0.25) is 0 Å². The van der Waals surface area contributed by atoms with Gasteiger partial charge in [-0.15, -0.1) is 0 Å². The van der Waals surface area contributed by atoms with Crippen LogP contribution in [0.15, 0.2) is 249 Å². The van der Waals surface area contributed by atoms with E-state index in [2.05, 4.69) is 267 Å². The van der Waals surface area contributed by atoms with Crippen LogP contribution in [0.3, 0.4) is 0 Å². The monoisotopic (exact) mass is 853 g/mol. The van der Waals surface area contributed by atoms with E-state index in [9.17, 15) is 0 Å². The fourth-order valence-corrected chi connectivity index (χ4v) is 11.9. The minimum atomic E-state index is -0.523. The minimum Gasteiger partial charge on any atom is -0.310 e. The molecule has 0 unspecified atom stereocenters. The summed E-state index contributed by atoms with van der Waals surface area (Å²) in [6.45, 7) is 4.82.